The fourth-order valence-electron chi connectivity index (χ4n) is 3.06. The summed E-state index contributed by atoms with van der Waals surface area (Å²) in [5, 5.41) is 40.2. The first-order valence-electron chi connectivity index (χ1n) is 10.4. The number of nitrogens with two attached hydrogens (primary N) is 2. The van der Waals surface area contributed by atoms with Gasteiger partial charge in [-0.1, -0.05) is 0 Å². The maximum Gasteiger partial charge on any atom is 0.351 e. The average Bonchev–Trinajstić information content (AvgIpc) is 3.07. The SMILES string of the molecule is N[C@@H](CCC(=O)Nc1ccn([C@@H]2O[C@H](COC(=O)[C@@H](N)CCC(=O)O)C(O)C2O)c(=O)n1)C(=O)O. The molecule has 2 unspecified atom stereocenters. The van der Waals surface area contributed by atoms with Crippen molar-refractivity contribution < 1.29 is 49.1 Å². The number of nitrogens with one attached hydrogen (secondary N) is 1. The first-order valence-corrected chi connectivity index (χ1v) is 10.4. The summed E-state index contributed by atoms with van der Waals surface area (Å²) in [5.74, 6) is -4.09. The summed E-state index contributed by atoms with van der Waals surface area (Å²) in [7, 11) is 0. The number of carbonyl (C=O) groups is 4. The molecule has 1 amide bonds. The minimum atomic E-state index is -1.60. The number of aliphatic hydroxyl groups excluding tert-OH is 2. The van der Waals surface area contributed by atoms with E-state index in [9.17, 15) is 34.2 Å². The molecule has 0 aliphatic carbocycles. The maximum absolute atomic E-state index is 12.4. The quantitative estimate of drug-likeness (QED) is 0.138. The van der Waals surface area contributed by atoms with E-state index in [1.165, 1.54) is 6.07 Å². The molecule has 0 spiro atoms. The molecule has 0 aromatic carbocycles. The molecular weight excluding hydrogens is 474 g/mol. The highest BCUT2D eigenvalue weighted by atomic mass is 16.6. The molecule has 1 aliphatic rings. The lowest BCUT2D eigenvalue weighted by atomic mass is 10.1. The summed E-state index contributed by atoms with van der Waals surface area (Å²) in [6.45, 7) is -0.525. The van der Waals surface area contributed by atoms with Crippen LogP contribution in [0.5, 0.6) is 0 Å². The highest BCUT2D eigenvalue weighted by Crippen LogP contribution is 2.28. The molecule has 35 heavy (non-hydrogen) atoms. The van der Waals surface area contributed by atoms with Gasteiger partial charge in [0.1, 0.15) is 42.8 Å². The van der Waals surface area contributed by atoms with Crippen molar-refractivity contribution in [2.24, 2.45) is 11.5 Å². The van der Waals surface area contributed by atoms with Crippen molar-refractivity contribution in [2.75, 3.05) is 11.9 Å². The Hall–Kier alpha value is -3.44. The second kappa shape index (κ2) is 12.3. The Morgan fingerprint density at radius 3 is 2.37 bits per heavy atom. The molecule has 16 heteroatoms. The zero-order chi connectivity index (χ0) is 26.3. The van der Waals surface area contributed by atoms with Crippen LogP contribution >= 0.6 is 0 Å². The van der Waals surface area contributed by atoms with Crippen LogP contribution in [-0.4, -0.2) is 90.8 Å². The molecular formula is C19H27N5O11. The number of carboxylic acid groups (broad SMARTS) is 2. The van der Waals surface area contributed by atoms with Crippen LogP contribution in [-0.2, 0) is 28.7 Å². The predicted octanol–water partition coefficient (Wildman–Crippen LogP) is -3.27. The van der Waals surface area contributed by atoms with Crippen LogP contribution in [0, 0.1) is 0 Å². The number of nitrogens with zero attached hydrogens (tertiary/aromatic N) is 2. The maximum atomic E-state index is 12.4. The van der Waals surface area contributed by atoms with Gasteiger partial charge < -0.3 is 46.7 Å². The minimum Gasteiger partial charge on any atom is -0.481 e. The molecule has 1 aliphatic heterocycles. The van der Waals surface area contributed by atoms with Crippen molar-refractivity contribution in [2.45, 2.75) is 62.3 Å². The molecule has 194 valence electrons. The van der Waals surface area contributed by atoms with Crippen molar-refractivity contribution in [1.29, 1.82) is 0 Å². The first-order chi connectivity index (χ1) is 16.4. The summed E-state index contributed by atoms with van der Waals surface area (Å²) >= 11 is 0. The topological polar surface area (TPSA) is 267 Å². The van der Waals surface area contributed by atoms with E-state index in [2.05, 4.69) is 10.3 Å². The van der Waals surface area contributed by atoms with Crippen LogP contribution in [0.1, 0.15) is 31.9 Å². The number of aromatic nitrogens is 2. The highest BCUT2D eigenvalue weighted by molar-refractivity contribution is 5.90. The van der Waals surface area contributed by atoms with Gasteiger partial charge in [0.05, 0.1) is 0 Å². The number of anilines is 1. The fourth-order valence-corrected chi connectivity index (χ4v) is 3.06. The Kier molecular flexibility index (Phi) is 9.78. The van der Waals surface area contributed by atoms with Crippen molar-refractivity contribution >= 4 is 29.6 Å². The van der Waals surface area contributed by atoms with Gasteiger partial charge in [-0.15, -0.1) is 0 Å². The molecule has 1 aromatic rings. The van der Waals surface area contributed by atoms with Crippen LogP contribution in [0.15, 0.2) is 17.1 Å². The molecule has 1 aromatic heterocycles. The third-order valence-electron chi connectivity index (χ3n) is 5.07. The van der Waals surface area contributed by atoms with Gasteiger partial charge in [0.2, 0.25) is 5.91 Å². The molecule has 2 heterocycles. The number of ether oxygens (including phenoxy) is 2. The first kappa shape index (κ1) is 27.8. The summed E-state index contributed by atoms with van der Waals surface area (Å²) in [6.07, 6.45) is -5.49. The van der Waals surface area contributed by atoms with E-state index in [4.69, 9.17) is 31.2 Å². The van der Waals surface area contributed by atoms with Gasteiger partial charge in [0.15, 0.2) is 6.23 Å². The van der Waals surface area contributed by atoms with Gasteiger partial charge in [-0.2, -0.15) is 4.98 Å². The standard InChI is InChI=1S/C19H27N5O11/c20-8(17(30)31)1-3-12(25)22-11-5-6-24(19(33)23-11)16-15(29)14(28)10(35-16)7-34-18(32)9(21)2-4-13(26)27/h5-6,8-10,14-16,28-29H,1-4,7,20-21H2,(H,26,27)(H,30,31)(H,22,23,25,33)/t8-,9-,10+,14?,15?,16+/m0/s1. The van der Waals surface area contributed by atoms with E-state index < -0.39 is 72.7 Å². The summed E-state index contributed by atoms with van der Waals surface area (Å²) in [4.78, 5) is 61.0. The normalized spacial score (nSPS) is 23.3. The smallest absolute Gasteiger partial charge is 0.351 e. The Balaban J connectivity index is 1.95. The molecule has 9 N–H and O–H groups in total. The van der Waals surface area contributed by atoms with Gasteiger partial charge >= 0.3 is 23.6 Å². The molecule has 2 rings (SSSR count). The molecule has 1 saturated heterocycles. The number of hydrogen-bond acceptors (Lipinski definition) is 12. The van der Waals surface area contributed by atoms with E-state index >= 15 is 0 Å². The van der Waals surface area contributed by atoms with Crippen molar-refractivity contribution in [3.63, 3.8) is 0 Å². The largest absolute Gasteiger partial charge is 0.481 e. The van der Waals surface area contributed by atoms with Crippen LogP contribution in [0.2, 0.25) is 0 Å². The number of hydrogen-bond donors (Lipinski definition) is 7. The summed E-state index contributed by atoms with van der Waals surface area (Å²) in [6, 6.07) is -1.21. The van der Waals surface area contributed by atoms with E-state index in [-0.39, 0.29) is 31.5 Å². The Labute approximate surface area is 197 Å². The number of aliphatic carboxylic acids is 2. The fraction of sp³-hybridized carbons (Fsp3) is 0.579. The molecule has 0 bridgehead atoms. The monoisotopic (exact) mass is 501 g/mol. The van der Waals surface area contributed by atoms with E-state index in [0.29, 0.717) is 0 Å². The zero-order valence-corrected chi connectivity index (χ0v) is 18.4. The molecule has 16 nitrogen and oxygen atoms in total. The van der Waals surface area contributed by atoms with Gasteiger partial charge in [0, 0.05) is 19.0 Å². The van der Waals surface area contributed by atoms with Crippen LogP contribution in [0.25, 0.3) is 0 Å². The number of carboxylic acids is 2. The van der Waals surface area contributed by atoms with Gasteiger partial charge in [-0.05, 0) is 18.9 Å². The number of esters is 1. The summed E-state index contributed by atoms with van der Waals surface area (Å²) in [5.41, 5.74) is 9.91. The number of rotatable bonds is 12. The lowest BCUT2D eigenvalue weighted by Gasteiger charge is -2.17. The second-order valence-corrected chi connectivity index (χ2v) is 7.75. The summed E-state index contributed by atoms with van der Waals surface area (Å²) < 4.78 is 11.2. The lowest BCUT2D eigenvalue weighted by molar-refractivity contribution is -0.152. The van der Waals surface area contributed by atoms with Gasteiger partial charge in [-0.25, -0.2) is 4.79 Å². The van der Waals surface area contributed by atoms with Crippen molar-refractivity contribution in [3.8, 4) is 0 Å². The molecule has 0 radical (unpaired) electrons. The van der Waals surface area contributed by atoms with Crippen LogP contribution in [0.4, 0.5) is 5.82 Å². The highest BCUT2D eigenvalue weighted by Gasteiger charge is 2.44. The van der Waals surface area contributed by atoms with Crippen LogP contribution in [0.3, 0.4) is 0 Å². The Morgan fingerprint density at radius 2 is 1.77 bits per heavy atom. The Bertz CT molecular complexity index is 1000. The third kappa shape index (κ3) is 7.79. The van der Waals surface area contributed by atoms with Crippen molar-refractivity contribution in [3.05, 3.63) is 22.7 Å². The van der Waals surface area contributed by atoms with Crippen LogP contribution < -0.4 is 22.5 Å². The molecule has 1 fully saturated rings. The molecule has 0 saturated carbocycles. The van der Waals surface area contributed by atoms with Gasteiger partial charge in [0.25, 0.3) is 0 Å². The predicted molar refractivity (Wildman–Crippen MR) is 114 cm³/mol. The van der Waals surface area contributed by atoms with E-state index in [0.717, 1.165) is 10.8 Å². The van der Waals surface area contributed by atoms with Gasteiger partial charge in [-0.3, -0.25) is 23.7 Å². The van der Waals surface area contributed by atoms with E-state index in [1.807, 2.05) is 0 Å². The zero-order valence-electron chi connectivity index (χ0n) is 18.4. The number of carbonyl (C=O) groups excluding carboxylic acids is 2. The average molecular weight is 501 g/mol. The minimum absolute atomic E-state index is 0.130. The number of amides is 1. The van der Waals surface area contributed by atoms with Crippen molar-refractivity contribution in [1.82, 2.24) is 9.55 Å². The second-order valence-electron chi connectivity index (χ2n) is 7.75. The lowest BCUT2D eigenvalue weighted by Crippen LogP contribution is -2.38. The Morgan fingerprint density at radius 1 is 1.11 bits per heavy atom. The van der Waals surface area contributed by atoms with E-state index in [1.54, 1.807) is 0 Å². The molecule has 6 atom stereocenters. The third-order valence-corrected chi connectivity index (χ3v) is 5.07. The number of aliphatic hydroxyl groups is 2.